The lowest BCUT2D eigenvalue weighted by molar-refractivity contribution is 0.146. The molecule has 1 amide bonds. The highest BCUT2D eigenvalue weighted by molar-refractivity contribution is 14.0. The third kappa shape index (κ3) is 11.2. The number of aryl methyl sites for hydroxylation is 1. The monoisotopic (exact) mass is 480 g/mol. The zero-order chi connectivity index (χ0) is 18.5. The summed E-state index contributed by atoms with van der Waals surface area (Å²) in [5.74, 6) is 1.19. The van der Waals surface area contributed by atoms with Crippen LogP contribution in [0.25, 0.3) is 0 Å². The molecule has 0 aromatic carbocycles. The molecule has 0 bridgehead atoms. The first-order valence-corrected chi connectivity index (χ1v) is 8.90. The topological polar surface area (TPSA) is 92.6 Å². The van der Waals surface area contributed by atoms with Crippen molar-refractivity contribution in [2.75, 3.05) is 26.7 Å². The average Bonchev–Trinajstić information content (AvgIpc) is 3.07. The second-order valence-electron chi connectivity index (χ2n) is 6.19. The predicted molar refractivity (Wildman–Crippen MR) is 115 cm³/mol. The number of alkyl carbamates (subject to hydrolysis) is 1. The SMILES string of the molecule is CCOC(=O)NC(CNC(=NC)NCCCn1cccn1)CC(C)C.I. The maximum Gasteiger partial charge on any atom is 0.407 e. The number of guanidine groups is 1. The molecule has 3 N–H and O–H groups in total. The summed E-state index contributed by atoms with van der Waals surface area (Å²) in [6.45, 7) is 8.66. The fourth-order valence-corrected chi connectivity index (χ4v) is 2.42. The summed E-state index contributed by atoms with van der Waals surface area (Å²) in [7, 11) is 1.74. The van der Waals surface area contributed by atoms with Crippen molar-refractivity contribution in [3.63, 3.8) is 0 Å². The Hall–Kier alpha value is -1.52. The predicted octanol–water partition coefficient (Wildman–Crippen LogP) is 2.22. The Labute approximate surface area is 173 Å². The molecule has 9 heteroatoms. The third-order valence-electron chi connectivity index (χ3n) is 3.51. The van der Waals surface area contributed by atoms with Gasteiger partial charge >= 0.3 is 6.09 Å². The van der Waals surface area contributed by atoms with Crippen molar-refractivity contribution >= 4 is 36.0 Å². The van der Waals surface area contributed by atoms with Crippen LogP contribution in [0.5, 0.6) is 0 Å². The molecule has 0 aliphatic rings. The highest BCUT2D eigenvalue weighted by Gasteiger charge is 2.15. The highest BCUT2D eigenvalue weighted by atomic mass is 127. The van der Waals surface area contributed by atoms with Crippen molar-refractivity contribution < 1.29 is 9.53 Å². The fraction of sp³-hybridized carbons (Fsp3) is 0.706. The second-order valence-corrected chi connectivity index (χ2v) is 6.19. The van der Waals surface area contributed by atoms with Gasteiger partial charge in [0.25, 0.3) is 0 Å². The van der Waals surface area contributed by atoms with E-state index in [1.54, 1.807) is 20.2 Å². The van der Waals surface area contributed by atoms with Crippen LogP contribution in [-0.4, -0.2) is 54.6 Å². The van der Waals surface area contributed by atoms with Crippen molar-refractivity contribution in [3.05, 3.63) is 18.5 Å². The molecule has 1 aromatic heterocycles. The number of rotatable bonds is 10. The number of aromatic nitrogens is 2. The number of carbonyl (C=O) groups is 1. The quantitative estimate of drug-likeness (QED) is 0.207. The molecule has 0 saturated carbocycles. The smallest absolute Gasteiger partial charge is 0.407 e. The molecule has 1 unspecified atom stereocenters. The number of nitrogens with one attached hydrogen (secondary N) is 3. The number of nitrogens with zero attached hydrogens (tertiary/aromatic N) is 3. The Morgan fingerprint density at radius 1 is 1.35 bits per heavy atom. The van der Waals surface area contributed by atoms with Gasteiger partial charge in [0.05, 0.1) is 6.61 Å². The van der Waals surface area contributed by atoms with E-state index in [1.807, 2.05) is 16.9 Å². The summed E-state index contributed by atoms with van der Waals surface area (Å²) in [5.41, 5.74) is 0. The lowest BCUT2D eigenvalue weighted by Gasteiger charge is -2.22. The minimum Gasteiger partial charge on any atom is -0.450 e. The van der Waals surface area contributed by atoms with Crippen LogP contribution in [0, 0.1) is 5.92 Å². The van der Waals surface area contributed by atoms with E-state index in [2.05, 4.69) is 39.9 Å². The van der Waals surface area contributed by atoms with Gasteiger partial charge in [-0.2, -0.15) is 5.10 Å². The molecule has 150 valence electrons. The van der Waals surface area contributed by atoms with E-state index < -0.39 is 0 Å². The number of hydrogen-bond acceptors (Lipinski definition) is 4. The lowest BCUT2D eigenvalue weighted by Crippen LogP contribution is -2.47. The van der Waals surface area contributed by atoms with Gasteiger partial charge in [-0.25, -0.2) is 4.79 Å². The van der Waals surface area contributed by atoms with Crippen LogP contribution in [0.3, 0.4) is 0 Å². The second kappa shape index (κ2) is 14.6. The minimum atomic E-state index is -0.378. The van der Waals surface area contributed by atoms with Crippen LogP contribution < -0.4 is 16.0 Å². The van der Waals surface area contributed by atoms with Crippen LogP contribution in [0.1, 0.15) is 33.6 Å². The Bertz CT molecular complexity index is 507. The number of ether oxygens (including phenoxy) is 1. The van der Waals surface area contributed by atoms with E-state index in [4.69, 9.17) is 4.74 Å². The first-order chi connectivity index (χ1) is 12.0. The Morgan fingerprint density at radius 2 is 2.12 bits per heavy atom. The third-order valence-corrected chi connectivity index (χ3v) is 3.51. The van der Waals surface area contributed by atoms with Crippen LogP contribution in [0.2, 0.25) is 0 Å². The van der Waals surface area contributed by atoms with Crippen LogP contribution in [-0.2, 0) is 11.3 Å². The van der Waals surface area contributed by atoms with Gasteiger partial charge in [0.15, 0.2) is 5.96 Å². The van der Waals surface area contributed by atoms with Gasteiger partial charge < -0.3 is 20.7 Å². The summed E-state index contributed by atoms with van der Waals surface area (Å²) in [6.07, 6.45) is 5.16. The molecule has 0 aliphatic carbocycles. The van der Waals surface area contributed by atoms with Crippen LogP contribution in [0.15, 0.2) is 23.5 Å². The van der Waals surface area contributed by atoms with E-state index in [-0.39, 0.29) is 36.1 Å². The number of aliphatic imine (C=N–C) groups is 1. The van der Waals surface area contributed by atoms with Crippen molar-refractivity contribution in [1.29, 1.82) is 0 Å². The van der Waals surface area contributed by atoms with E-state index in [9.17, 15) is 4.79 Å². The first kappa shape index (κ1) is 24.5. The summed E-state index contributed by atoms with van der Waals surface area (Å²) in [5, 5.41) is 13.6. The van der Waals surface area contributed by atoms with Crippen molar-refractivity contribution in [2.45, 2.75) is 46.2 Å². The van der Waals surface area contributed by atoms with Gasteiger partial charge in [0.1, 0.15) is 0 Å². The van der Waals surface area contributed by atoms with Crippen molar-refractivity contribution in [2.24, 2.45) is 10.9 Å². The van der Waals surface area contributed by atoms with E-state index in [0.717, 1.165) is 31.9 Å². The standard InChI is InChI=1S/C17H32N6O2.HI/c1-5-25-17(24)22-15(12-14(2)3)13-20-16(18-4)19-8-6-10-23-11-7-9-21-23;/h7,9,11,14-15H,5-6,8,10,12-13H2,1-4H3,(H,22,24)(H2,18,19,20);1H. The van der Waals surface area contributed by atoms with Crippen molar-refractivity contribution in [1.82, 2.24) is 25.7 Å². The normalized spacial score (nSPS) is 12.3. The molecule has 8 nitrogen and oxygen atoms in total. The van der Waals surface area contributed by atoms with Gasteiger partial charge in [0, 0.05) is 45.1 Å². The summed E-state index contributed by atoms with van der Waals surface area (Å²) in [4.78, 5) is 15.9. The van der Waals surface area contributed by atoms with E-state index in [1.165, 1.54) is 0 Å². The van der Waals surface area contributed by atoms with Crippen LogP contribution in [0.4, 0.5) is 4.79 Å². The van der Waals surface area contributed by atoms with E-state index >= 15 is 0 Å². The Kier molecular flexibility index (Phi) is 13.8. The van der Waals surface area contributed by atoms with Gasteiger partial charge in [0.2, 0.25) is 0 Å². The van der Waals surface area contributed by atoms with E-state index in [0.29, 0.717) is 19.1 Å². The van der Waals surface area contributed by atoms with Gasteiger partial charge in [-0.05, 0) is 31.7 Å². The molecular formula is C17H33IN6O2. The zero-order valence-corrected chi connectivity index (χ0v) is 18.5. The molecule has 26 heavy (non-hydrogen) atoms. The summed E-state index contributed by atoms with van der Waals surface area (Å²) < 4.78 is 6.87. The maximum absolute atomic E-state index is 11.7. The molecule has 0 radical (unpaired) electrons. The summed E-state index contributed by atoms with van der Waals surface area (Å²) in [6, 6.07) is 1.90. The molecule has 0 fully saturated rings. The first-order valence-electron chi connectivity index (χ1n) is 8.90. The van der Waals surface area contributed by atoms with Crippen molar-refractivity contribution in [3.8, 4) is 0 Å². The number of hydrogen-bond donors (Lipinski definition) is 3. The minimum absolute atomic E-state index is 0. The Balaban J connectivity index is 0.00000625. The molecular weight excluding hydrogens is 447 g/mol. The average molecular weight is 480 g/mol. The zero-order valence-electron chi connectivity index (χ0n) is 16.2. The Morgan fingerprint density at radius 3 is 2.69 bits per heavy atom. The molecule has 1 heterocycles. The molecule has 1 rings (SSSR count). The number of amides is 1. The highest BCUT2D eigenvalue weighted by Crippen LogP contribution is 2.04. The lowest BCUT2D eigenvalue weighted by atomic mass is 10.0. The number of carbonyl (C=O) groups excluding carboxylic acids is 1. The summed E-state index contributed by atoms with van der Waals surface area (Å²) >= 11 is 0. The molecule has 1 aromatic rings. The fourth-order valence-electron chi connectivity index (χ4n) is 2.42. The van der Waals surface area contributed by atoms with Gasteiger partial charge in [-0.1, -0.05) is 13.8 Å². The molecule has 1 atom stereocenters. The van der Waals surface area contributed by atoms with Crippen LogP contribution >= 0.6 is 24.0 Å². The molecule has 0 saturated heterocycles. The molecule has 0 spiro atoms. The largest absolute Gasteiger partial charge is 0.450 e. The molecule has 0 aliphatic heterocycles. The van der Waals surface area contributed by atoms with Gasteiger partial charge in [-0.3, -0.25) is 9.67 Å². The van der Waals surface area contributed by atoms with Gasteiger partial charge in [-0.15, -0.1) is 24.0 Å². The number of halogens is 1. The maximum atomic E-state index is 11.7.